The molecule has 242 valence electrons. The van der Waals surface area contributed by atoms with Crippen LogP contribution in [-0.2, 0) is 23.9 Å². The number of hydrazine groups is 1. The molecule has 5 fully saturated rings. The maximum absolute atomic E-state index is 12.7. The van der Waals surface area contributed by atoms with E-state index in [-0.39, 0.29) is 63.9 Å². The Balaban J connectivity index is 1.42. The molecule has 3 N–H and O–H groups in total. The van der Waals surface area contributed by atoms with Crippen molar-refractivity contribution in [2.24, 2.45) is 62.5 Å². The predicted molar refractivity (Wildman–Crippen MR) is 167 cm³/mol. The van der Waals surface area contributed by atoms with Gasteiger partial charge in [-0.3, -0.25) is 19.8 Å². The second kappa shape index (κ2) is 11.2. The first-order valence-corrected chi connectivity index (χ1v) is 17.0. The van der Waals surface area contributed by atoms with Gasteiger partial charge < -0.3 is 9.47 Å². The Morgan fingerprint density at radius 3 is 2.21 bits per heavy atom. The third kappa shape index (κ3) is 4.98. The van der Waals surface area contributed by atoms with Crippen LogP contribution in [0, 0.1) is 56.7 Å². The van der Waals surface area contributed by atoms with Crippen LogP contribution in [0.15, 0.2) is 12.2 Å². The van der Waals surface area contributed by atoms with Gasteiger partial charge in [0.2, 0.25) is 5.91 Å². The number of hydrogen-bond donors (Lipinski definition) is 2. The Bertz CT molecular complexity index is 1150. The molecule has 5 saturated carbocycles. The van der Waals surface area contributed by atoms with Gasteiger partial charge in [0.15, 0.2) is 0 Å². The number of allylic oxidation sites excluding steroid dienone is 1. The van der Waals surface area contributed by atoms with E-state index in [9.17, 15) is 14.4 Å². The van der Waals surface area contributed by atoms with Crippen molar-refractivity contribution in [2.75, 3.05) is 6.61 Å². The van der Waals surface area contributed by atoms with Crippen molar-refractivity contribution in [3.8, 4) is 0 Å². The third-order valence-corrected chi connectivity index (χ3v) is 14.7. The van der Waals surface area contributed by atoms with Crippen LogP contribution < -0.4 is 11.3 Å². The lowest BCUT2D eigenvalue weighted by molar-refractivity contribution is -0.252. The average Bonchev–Trinajstić information content (AvgIpc) is 3.32. The van der Waals surface area contributed by atoms with Crippen LogP contribution in [0.5, 0.6) is 0 Å². The summed E-state index contributed by atoms with van der Waals surface area (Å²) in [6.07, 6.45) is 11.5. The Morgan fingerprint density at radius 1 is 0.837 bits per heavy atom. The van der Waals surface area contributed by atoms with Crippen LogP contribution in [0.25, 0.3) is 0 Å². The Hall–Kier alpha value is -1.89. The molecule has 0 aromatic heterocycles. The van der Waals surface area contributed by atoms with Crippen LogP contribution in [0.4, 0.5) is 0 Å². The van der Waals surface area contributed by atoms with E-state index in [2.05, 4.69) is 53.5 Å². The molecule has 43 heavy (non-hydrogen) atoms. The first-order valence-electron chi connectivity index (χ1n) is 17.0. The van der Waals surface area contributed by atoms with E-state index in [1.54, 1.807) is 6.92 Å². The molecule has 5 aliphatic carbocycles. The average molecular weight is 599 g/mol. The standard InChI is InChI=1S/C36H58N2O5/c1-22(2)24-13-18-36(21-42-30(41)12-11-29(40)38-37)20-19-34(7)25(31(24)36)9-10-27-33(6)16-15-28(43-23(3)39)32(4,5)26(33)14-17-35(27,34)8/h24-28,31H,1,9-21,37H2,2-8H3,(H,38,40)/t24-,25+,26?,27?,28-,31?,33-,34+,35+,36+/m0/s1. The van der Waals surface area contributed by atoms with Crippen molar-refractivity contribution in [3.05, 3.63) is 12.2 Å². The summed E-state index contributed by atoms with van der Waals surface area (Å²) in [5.41, 5.74) is 3.98. The van der Waals surface area contributed by atoms with E-state index >= 15 is 0 Å². The molecule has 0 radical (unpaired) electrons. The minimum Gasteiger partial charge on any atom is -0.465 e. The Labute approximate surface area is 259 Å². The molecule has 0 heterocycles. The molecule has 0 saturated heterocycles. The van der Waals surface area contributed by atoms with Gasteiger partial charge in [0.1, 0.15) is 6.10 Å². The van der Waals surface area contributed by atoms with Gasteiger partial charge in [0, 0.05) is 24.2 Å². The maximum Gasteiger partial charge on any atom is 0.306 e. The zero-order valence-corrected chi connectivity index (χ0v) is 28.0. The van der Waals surface area contributed by atoms with Crippen molar-refractivity contribution >= 4 is 17.8 Å². The largest absolute Gasteiger partial charge is 0.465 e. The normalized spacial score (nSPS) is 44.6. The van der Waals surface area contributed by atoms with Crippen LogP contribution in [0.2, 0.25) is 0 Å². The van der Waals surface area contributed by atoms with Crippen molar-refractivity contribution in [1.82, 2.24) is 5.43 Å². The summed E-state index contributed by atoms with van der Waals surface area (Å²) in [4.78, 5) is 36.3. The summed E-state index contributed by atoms with van der Waals surface area (Å²) in [5, 5.41) is 0. The van der Waals surface area contributed by atoms with Crippen LogP contribution in [-0.4, -0.2) is 30.6 Å². The number of carbonyl (C=O) groups excluding carboxylic acids is 3. The Morgan fingerprint density at radius 2 is 1.56 bits per heavy atom. The highest BCUT2D eigenvalue weighted by Gasteiger charge is 2.71. The second-order valence-corrected chi connectivity index (χ2v) is 16.7. The van der Waals surface area contributed by atoms with Crippen LogP contribution in [0.1, 0.15) is 126 Å². The van der Waals surface area contributed by atoms with E-state index in [0.29, 0.717) is 36.2 Å². The highest BCUT2D eigenvalue weighted by atomic mass is 16.5. The van der Waals surface area contributed by atoms with E-state index in [4.69, 9.17) is 15.3 Å². The number of nitrogens with one attached hydrogen (secondary N) is 1. The minimum atomic E-state index is -0.346. The van der Waals surface area contributed by atoms with E-state index < -0.39 is 0 Å². The first-order chi connectivity index (χ1) is 20.1. The Kier molecular flexibility index (Phi) is 8.44. The molecular weight excluding hydrogens is 540 g/mol. The monoisotopic (exact) mass is 598 g/mol. The highest BCUT2D eigenvalue weighted by Crippen LogP contribution is 2.77. The summed E-state index contributed by atoms with van der Waals surface area (Å²) in [6.45, 7) is 21.2. The van der Waals surface area contributed by atoms with E-state index in [1.807, 2.05) is 0 Å². The molecule has 10 atom stereocenters. The summed E-state index contributed by atoms with van der Waals surface area (Å²) in [5.74, 6) is 7.05. The fourth-order valence-electron chi connectivity index (χ4n) is 12.5. The zero-order valence-electron chi connectivity index (χ0n) is 28.0. The topological polar surface area (TPSA) is 108 Å². The highest BCUT2D eigenvalue weighted by molar-refractivity contribution is 5.80. The van der Waals surface area contributed by atoms with Crippen molar-refractivity contribution < 1.29 is 23.9 Å². The first kappa shape index (κ1) is 32.5. The van der Waals surface area contributed by atoms with E-state index in [0.717, 1.165) is 38.5 Å². The molecule has 0 aromatic carbocycles. The molecule has 0 aliphatic heterocycles. The number of hydrogen-bond acceptors (Lipinski definition) is 6. The molecule has 3 unspecified atom stereocenters. The molecule has 5 aliphatic rings. The SMILES string of the molecule is C=C(C)[C@@H]1CC[C@]2(COC(=O)CCC(=O)NN)CC[C@]3(C)[C@H](CCC4[C@@]5(C)CC[C@H](OC(C)=O)C(C)(C)C5CC[C@]43C)C12. The smallest absolute Gasteiger partial charge is 0.306 e. The molecule has 5 rings (SSSR count). The number of amides is 1. The van der Waals surface area contributed by atoms with Gasteiger partial charge in [-0.2, -0.15) is 0 Å². The lowest BCUT2D eigenvalue weighted by atomic mass is 9.32. The molecule has 0 bridgehead atoms. The lowest BCUT2D eigenvalue weighted by Crippen LogP contribution is -2.67. The van der Waals surface area contributed by atoms with Gasteiger partial charge in [0.25, 0.3) is 0 Å². The molecule has 0 spiro atoms. The summed E-state index contributed by atoms with van der Waals surface area (Å²) in [6, 6.07) is 0. The number of nitrogens with two attached hydrogens (primary N) is 1. The number of esters is 2. The molecule has 1 amide bonds. The van der Waals surface area contributed by atoms with Crippen molar-refractivity contribution in [1.29, 1.82) is 0 Å². The minimum absolute atomic E-state index is 0.00290. The van der Waals surface area contributed by atoms with Gasteiger partial charge in [-0.1, -0.05) is 46.8 Å². The van der Waals surface area contributed by atoms with Gasteiger partial charge >= 0.3 is 11.9 Å². The fourth-order valence-corrected chi connectivity index (χ4v) is 12.5. The quantitative estimate of drug-likeness (QED) is 0.109. The van der Waals surface area contributed by atoms with Gasteiger partial charge in [-0.25, -0.2) is 5.84 Å². The number of fused-ring (bicyclic) bond motifs is 7. The predicted octanol–water partition coefficient (Wildman–Crippen LogP) is 6.89. The number of rotatable bonds is 7. The number of carbonyl (C=O) groups is 3. The summed E-state index contributed by atoms with van der Waals surface area (Å²) in [7, 11) is 0. The van der Waals surface area contributed by atoms with Crippen LogP contribution >= 0.6 is 0 Å². The van der Waals surface area contributed by atoms with Crippen molar-refractivity contribution in [3.63, 3.8) is 0 Å². The molecule has 0 aromatic rings. The van der Waals surface area contributed by atoms with Gasteiger partial charge in [-0.15, -0.1) is 0 Å². The van der Waals surface area contributed by atoms with Gasteiger partial charge in [0.05, 0.1) is 13.0 Å². The van der Waals surface area contributed by atoms with Crippen LogP contribution in [0.3, 0.4) is 0 Å². The third-order valence-electron chi connectivity index (χ3n) is 14.7. The summed E-state index contributed by atoms with van der Waals surface area (Å²) >= 11 is 0. The molecule has 7 nitrogen and oxygen atoms in total. The zero-order chi connectivity index (χ0) is 31.6. The molecule has 7 heteroatoms. The van der Waals surface area contributed by atoms with E-state index in [1.165, 1.54) is 31.3 Å². The lowest BCUT2D eigenvalue weighted by Gasteiger charge is -2.73. The second-order valence-electron chi connectivity index (χ2n) is 16.7. The fraction of sp³-hybridized carbons (Fsp3) is 0.861. The van der Waals surface area contributed by atoms with Gasteiger partial charge in [-0.05, 0) is 117 Å². The molecular formula is C36H58N2O5. The number of ether oxygens (including phenoxy) is 2. The van der Waals surface area contributed by atoms with Crippen molar-refractivity contribution in [2.45, 2.75) is 132 Å². The summed E-state index contributed by atoms with van der Waals surface area (Å²) < 4.78 is 11.9. The maximum atomic E-state index is 12.7.